The average molecular weight is 263 g/mol. The molecule has 5 heteroatoms. The Morgan fingerprint density at radius 2 is 2.43 bits per heavy atom. The van der Waals surface area contributed by atoms with Gasteiger partial charge in [-0.25, -0.2) is 0 Å². The molecule has 4 nitrogen and oxygen atoms in total. The number of aliphatic hydroxyl groups is 1. The van der Waals surface area contributed by atoms with Gasteiger partial charge in [0, 0.05) is 18.7 Å². The molecule has 1 rings (SSSR count). The highest BCUT2D eigenvalue weighted by Crippen LogP contribution is 2.16. The largest absolute Gasteiger partial charge is 0.384 e. The van der Waals surface area contributed by atoms with Crippen molar-refractivity contribution in [3.05, 3.63) is 16.4 Å². The molecule has 0 amide bonds. The molecule has 0 saturated carbocycles. The molecule has 0 aliphatic heterocycles. The highest BCUT2D eigenvalue weighted by molar-refractivity contribution is 9.10. The van der Waals surface area contributed by atoms with Crippen molar-refractivity contribution in [3.63, 3.8) is 0 Å². The van der Waals surface area contributed by atoms with Crippen molar-refractivity contribution in [2.45, 2.75) is 32.4 Å². The molecule has 0 aliphatic carbocycles. The van der Waals surface area contributed by atoms with Crippen molar-refractivity contribution in [2.24, 2.45) is 0 Å². The maximum absolute atomic E-state index is 9.66. The van der Waals surface area contributed by atoms with Gasteiger partial charge in [-0.15, -0.1) is 0 Å². The number of halogens is 1. The molecule has 0 radical (unpaired) electrons. The third kappa shape index (κ3) is 3.40. The van der Waals surface area contributed by atoms with Crippen molar-refractivity contribution in [3.8, 4) is 0 Å². The van der Waals surface area contributed by atoms with Gasteiger partial charge in [0.15, 0.2) is 5.76 Å². The maximum atomic E-state index is 9.66. The Labute approximate surface area is 91.8 Å². The normalized spacial score (nSPS) is 15.4. The van der Waals surface area contributed by atoms with Crippen molar-refractivity contribution < 1.29 is 9.63 Å². The summed E-state index contributed by atoms with van der Waals surface area (Å²) in [5, 5.41) is 16.5. The van der Waals surface area contributed by atoms with Crippen LogP contribution in [-0.2, 0) is 0 Å². The van der Waals surface area contributed by atoms with E-state index in [1.54, 1.807) is 6.07 Å². The van der Waals surface area contributed by atoms with Crippen LogP contribution >= 0.6 is 15.9 Å². The fourth-order valence-corrected chi connectivity index (χ4v) is 1.28. The molecule has 80 valence electrons. The summed E-state index contributed by atoms with van der Waals surface area (Å²) >= 11 is 3.16. The standard InChI is InChI=1S/C9H15BrN2O2/c1-3-6(2)11-5-7(13)8-4-9(10)12-14-8/h4,6-7,11,13H,3,5H2,1-2H3. The highest BCUT2D eigenvalue weighted by atomic mass is 79.9. The van der Waals surface area contributed by atoms with Gasteiger partial charge in [-0.1, -0.05) is 12.1 Å². The summed E-state index contributed by atoms with van der Waals surface area (Å²) in [5.41, 5.74) is 0. The summed E-state index contributed by atoms with van der Waals surface area (Å²) in [4.78, 5) is 0. The van der Waals surface area contributed by atoms with Crippen LogP contribution in [0.15, 0.2) is 15.2 Å². The number of aromatic nitrogens is 1. The van der Waals surface area contributed by atoms with Crippen LogP contribution in [-0.4, -0.2) is 22.8 Å². The Morgan fingerprint density at radius 3 is 2.93 bits per heavy atom. The summed E-state index contributed by atoms with van der Waals surface area (Å²) < 4.78 is 5.51. The van der Waals surface area contributed by atoms with Crippen LogP contribution in [0.4, 0.5) is 0 Å². The summed E-state index contributed by atoms with van der Waals surface area (Å²) in [5.74, 6) is 0.479. The van der Waals surface area contributed by atoms with E-state index >= 15 is 0 Å². The summed E-state index contributed by atoms with van der Waals surface area (Å²) in [6, 6.07) is 2.07. The predicted octanol–water partition coefficient (Wildman–Crippen LogP) is 1.86. The molecule has 0 aliphatic rings. The molecular formula is C9H15BrN2O2. The van der Waals surface area contributed by atoms with E-state index in [0.29, 0.717) is 23.0 Å². The highest BCUT2D eigenvalue weighted by Gasteiger charge is 2.13. The number of hydrogen-bond donors (Lipinski definition) is 2. The fraction of sp³-hybridized carbons (Fsp3) is 0.667. The molecule has 0 fully saturated rings. The van der Waals surface area contributed by atoms with Crippen LogP contribution < -0.4 is 5.32 Å². The lowest BCUT2D eigenvalue weighted by Gasteiger charge is -2.13. The SMILES string of the molecule is CCC(C)NCC(O)c1cc(Br)no1. The Kier molecular flexibility index (Phi) is 4.57. The van der Waals surface area contributed by atoms with Gasteiger partial charge in [0.2, 0.25) is 0 Å². The zero-order valence-corrected chi connectivity index (χ0v) is 9.91. The molecule has 2 N–H and O–H groups in total. The van der Waals surface area contributed by atoms with Gasteiger partial charge < -0.3 is 14.9 Å². The van der Waals surface area contributed by atoms with E-state index in [2.05, 4.69) is 40.3 Å². The summed E-state index contributed by atoms with van der Waals surface area (Å²) in [6.45, 7) is 4.65. The zero-order chi connectivity index (χ0) is 10.6. The summed E-state index contributed by atoms with van der Waals surface area (Å²) in [7, 11) is 0. The molecular weight excluding hydrogens is 248 g/mol. The molecule has 0 aromatic carbocycles. The summed E-state index contributed by atoms with van der Waals surface area (Å²) in [6.07, 6.45) is 0.398. The monoisotopic (exact) mass is 262 g/mol. The Morgan fingerprint density at radius 1 is 1.71 bits per heavy atom. The van der Waals surface area contributed by atoms with E-state index in [9.17, 15) is 5.11 Å². The van der Waals surface area contributed by atoms with Crippen molar-refractivity contribution in [1.29, 1.82) is 0 Å². The minimum atomic E-state index is -0.636. The van der Waals surface area contributed by atoms with E-state index < -0.39 is 6.10 Å². The van der Waals surface area contributed by atoms with Gasteiger partial charge in [0.1, 0.15) is 10.7 Å². The van der Waals surface area contributed by atoms with Gasteiger partial charge >= 0.3 is 0 Å². The first kappa shape index (κ1) is 11.7. The van der Waals surface area contributed by atoms with Crippen molar-refractivity contribution in [2.75, 3.05) is 6.54 Å². The Hall–Kier alpha value is -0.390. The average Bonchev–Trinajstić information content (AvgIpc) is 2.60. The van der Waals surface area contributed by atoms with Crippen molar-refractivity contribution in [1.82, 2.24) is 10.5 Å². The molecule has 1 heterocycles. The number of aliphatic hydroxyl groups excluding tert-OH is 1. The maximum Gasteiger partial charge on any atom is 0.167 e. The van der Waals surface area contributed by atoms with Crippen LogP contribution in [0.25, 0.3) is 0 Å². The third-order valence-corrected chi connectivity index (χ3v) is 2.47. The number of rotatable bonds is 5. The molecule has 0 saturated heterocycles. The molecule has 0 bridgehead atoms. The van der Waals surface area contributed by atoms with Crippen LogP contribution in [0, 0.1) is 0 Å². The first-order valence-electron chi connectivity index (χ1n) is 4.67. The quantitative estimate of drug-likeness (QED) is 0.851. The molecule has 14 heavy (non-hydrogen) atoms. The fourth-order valence-electron chi connectivity index (χ4n) is 0.981. The van der Waals surface area contributed by atoms with Gasteiger partial charge in [-0.2, -0.15) is 0 Å². The Balaban J connectivity index is 2.39. The lowest BCUT2D eigenvalue weighted by molar-refractivity contribution is 0.134. The van der Waals surface area contributed by atoms with Gasteiger partial charge in [-0.3, -0.25) is 0 Å². The third-order valence-electron chi connectivity index (χ3n) is 2.10. The van der Waals surface area contributed by atoms with Crippen LogP contribution in [0.3, 0.4) is 0 Å². The molecule has 2 unspecified atom stereocenters. The van der Waals surface area contributed by atoms with Gasteiger partial charge in [-0.05, 0) is 29.3 Å². The molecule has 2 atom stereocenters. The smallest absolute Gasteiger partial charge is 0.167 e. The first-order chi connectivity index (χ1) is 6.63. The predicted molar refractivity (Wildman–Crippen MR) is 56.9 cm³/mol. The van der Waals surface area contributed by atoms with Gasteiger partial charge in [0.25, 0.3) is 0 Å². The van der Waals surface area contributed by atoms with E-state index in [4.69, 9.17) is 4.52 Å². The number of nitrogens with one attached hydrogen (secondary N) is 1. The topological polar surface area (TPSA) is 58.3 Å². The minimum Gasteiger partial charge on any atom is -0.384 e. The van der Waals surface area contributed by atoms with Crippen LogP contribution in [0.5, 0.6) is 0 Å². The zero-order valence-electron chi connectivity index (χ0n) is 8.33. The second-order valence-corrected chi connectivity index (χ2v) is 4.10. The van der Waals surface area contributed by atoms with Gasteiger partial charge in [0.05, 0.1) is 0 Å². The van der Waals surface area contributed by atoms with Crippen molar-refractivity contribution >= 4 is 15.9 Å². The number of nitrogens with zero attached hydrogens (tertiary/aromatic N) is 1. The van der Waals surface area contributed by atoms with E-state index in [1.807, 2.05) is 0 Å². The molecule has 1 aromatic rings. The van der Waals surface area contributed by atoms with E-state index in [0.717, 1.165) is 6.42 Å². The lowest BCUT2D eigenvalue weighted by Crippen LogP contribution is -2.29. The second kappa shape index (κ2) is 5.48. The number of hydrogen-bond acceptors (Lipinski definition) is 4. The first-order valence-corrected chi connectivity index (χ1v) is 5.46. The minimum absolute atomic E-state index is 0.399. The van der Waals surface area contributed by atoms with Crippen LogP contribution in [0.2, 0.25) is 0 Å². The second-order valence-electron chi connectivity index (χ2n) is 3.29. The molecule has 0 spiro atoms. The van der Waals surface area contributed by atoms with E-state index in [-0.39, 0.29) is 0 Å². The molecule has 1 aromatic heterocycles. The van der Waals surface area contributed by atoms with Crippen LogP contribution in [0.1, 0.15) is 32.1 Å². The Bertz CT molecular complexity index is 278. The van der Waals surface area contributed by atoms with E-state index in [1.165, 1.54) is 0 Å². The lowest BCUT2D eigenvalue weighted by atomic mass is 10.2.